The molecular weight excluding hydrogens is 234 g/mol. The van der Waals surface area contributed by atoms with E-state index in [4.69, 9.17) is 10.2 Å². The first-order valence-corrected chi connectivity index (χ1v) is 5.09. The zero-order valence-electron chi connectivity index (χ0n) is 8.41. The SMILES string of the molecule is OC(O)(CCCc1ccc(F)c(F)c1)O[Si]. The van der Waals surface area contributed by atoms with Crippen LogP contribution in [0.1, 0.15) is 18.4 Å². The zero-order valence-corrected chi connectivity index (χ0v) is 9.41. The van der Waals surface area contributed by atoms with E-state index in [2.05, 4.69) is 14.9 Å². The number of rotatable bonds is 5. The molecule has 0 fully saturated rings. The fourth-order valence-electron chi connectivity index (χ4n) is 1.27. The smallest absolute Gasteiger partial charge is 0.267 e. The molecule has 1 rings (SSSR count). The molecule has 3 radical (unpaired) electrons. The molecule has 0 bridgehead atoms. The van der Waals surface area contributed by atoms with Crippen LogP contribution in [-0.2, 0) is 10.8 Å². The van der Waals surface area contributed by atoms with E-state index in [-0.39, 0.29) is 6.42 Å². The van der Waals surface area contributed by atoms with Crippen molar-refractivity contribution < 1.29 is 23.4 Å². The summed E-state index contributed by atoms with van der Waals surface area (Å²) in [4.78, 5) is 0. The van der Waals surface area contributed by atoms with Gasteiger partial charge >= 0.3 is 0 Å². The van der Waals surface area contributed by atoms with Gasteiger partial charge in [-0.15, -0.1) is 0 Å². The lowest BCUT2D eigenvalue weighted by molar-refractivity contribution is -0.295. The first-order valence-electron chi connectivity index (χ1n) is 4.68. The molecule has 0 amide bonds. The predicted octanol–water partition coefficient (Wildman–Crippen LogP) is 1.03. The van der Waals surface area contributed by atoms with Crippen LogP contribution in [0, 0.1) is 11.6 Å². The van der Waals surface area contributed by atoms with Crippen molar-refractivity contribution in [2.75, 3.05) is 0 Å². The van der Waals surface area contributed by atoms with E-state index in [1.54, 1.807) is 0 Å². The molecule has 0 saturated heterocycles. The standard InChI is InChI=1S/C10H11F2O3Si/c11-8-4-3-7(6-9(8)12)2-1-5-10(13,14)15-16/h3-4,6,13-14H,1-2,5H2. The molecule has 3 nitrogen and oxygen atoms in total. The number of halogens is 2. The highest BCUT2D eigenvalue weighted by Gasteiger charge is 2.20. The molecule has 1 aromatic carbocycles. The highest BCUT2D eigenvalue weighted by atomic mass is 28.2. The Bertz CT molecular complexity index is 358. The lowest BCUT2D eigenvalue weighted by Crippen LogP contribution is -2.30. The fraction of sp³-hybridized carbons (Fsp3) is 0.400. The van der Waals surface area contributed by atoms with Crippen LogP contribution in [0.3, 0.4) is 0 Å². The van der Waals surface area contributed by atoms with Crippen LogP contribution in [0.15, 0.2) is 18.2 Å². The average Bonchev–Trinajstić information content (AvgIpc) is 2.23. The summed E-state index contributed by atoms with van der Waals surface area (Å²) < 4.78 is 29.6. The molecule has 6 heteroatoms. The second-order valence-electron chi connectivity index (χ2n) is 3.45. The summed E-state index contributed by atoms with van der Waals surface area (Å²) in [6.07, 6.45) is 0.716. The molecule has 0 aliphatic rings. The first-order chi connectivity index (χ1) is 7.44. The summed E-state index contributed by atoms with van der Waals surface area (Å²) in [5.74, 6) is -4.05. The molecule has 0 spiro atoms. The van der Waals surface area contributed by atoms with Crippen LogP contribution < -0.4 is 0 Å². The molecule has 87 valence electrons. The van der Waals surface area contributed by atoms with Crippen LogP contribution in [0.25, 0.3) is 0 Å². The van der Waals surface area contributed by atoms with Crippen molar-refractivity contribution in [2.45, 2.75) is 25.2 Å². The molecule has 0 atom stereocenters. The number of aryl methyl sites for hydroxylation is 1. The van der Waals surface area contributed by atoms with Gasteiger partial charge in [-0.1, -0.05) is 6.07 Å². The first kappa shape index (κ1) is 13.2. The molecule has 0 heterocycles. The second kappa shape index (κ2) is 5.49. The minimum Gasteiger partial charge on any atom is -0.371 e. The molecular formula is C10H11F2O3Si. The third-order valence-corrected chi connectivity index (χ3v) is 2.44. The van der Waals surface area contributed by atoms with Gasteiger partial charge in [-0.05, 0) is 30.5 Å². The molecule has 2 N–H and O–H groups in total. The largest absolute Gasteiger partial charge is 0.371 e. The fourth-order valence-corrected chi connectivity index (χ4v) is 1.37. The molecule has 0 saturated carbocycles. The lowest BCUT2D eigenvalue weighted by atomic mass is 10.1. The molecule has 0 unspecified atom stereocenters. The summed E-state index contributed by atoms with van der Waals surface area (Å²) >= 11 is 0. The Labute approximate surface area is 95.2 Å². The quantitative estimate of drug-likeness (QED) is 0.601. The van der Waals surface area contributed by atoms with Crippen LogP contribution in [0.5, 0.6) is 0 Å². The maximum absolute atomic E-state index is 12.8. The van der Waals surface area contributed by atoms with Crippen molar-refractivity contribution in [3.05, 3.63) is 35.4 Å². The average molecular weight is 245 g/mol. The Morgan fingerprint density at radius 3 is 2.50 bits per heavy atom. The number of benzene rings is 1. The van der Waals surface area contributed by atoms with Crippen LogP contribution in [0.4, 0.5) is 8.78 Å². The van der Waals surface area contributed by atoms with Crippen molar-refractivity contribution in [1.29, 1.82) is 0 Å². The van der Waals surface area contributed by atoms with Gasteiger partial charge in [0.2, 0.25) is 0 Å². The maximum atomic E-state index is 12.8. The van der Waals surface area contributed by atoms with Gasteiger partial charge in [0.15, 0.2) is 11.6 Å². The minimum atomic E-state index is -2.24. The lowest BCUT2D eigenvalue weighted by Gasteiger charge is -2.19. The van der Waals surface area contributed by atoms with Crippen molar-refractivity contribution >= 4 is 10.5 Å². The van der Waals surface area contributed by atoms with E-state index in [0.29, 0.717) is 18.4 Å². The Morgan fingerprint density at radius 2 is 1.94 bits per heavy atom. The van der Waals surface area contributed by atoms with E-state index in [1.165, 1.54) is 6.07 Å². The number of hydrogen-bond acceptors (Lipinski definition) is 3. The highest BCUT2D eigenvalue weighted by molar-refractivity contribution is 5.98. The highest BCUT2D eigenvalue weighted by Crippen LogP contribution is 2.14. The van der Waals surface area contributed by atoms with Gasteiger partial charge in [-0.2, -0.15) is 0 Å². The van der Waals surface area contributed by atoms with Gasteiger partial charge in [-0.3, -0.25) is 0 Å². The second-order valence-corrected chi connectivity index (χ2v) is 3.65. The Morgan fingerprint density at radius 1 is 1.25 bits per heavy atom. The molecule has 16 heavy (non-hydrogen) atoms. The van der Waals surface area contributed by atoms with Crippen molar-refractivity contribution in [3.63, 3.8) is 0 Å². The van der Waals surface area contributed by atoms with E-state index < -0.39 is 17.6 Å². The molecule has 0 aliphatic heterocycles. The predicted molar refractivity (Wildman–Crippen MR) is 53.3 cm³/mol. The summed E-state index contributed by atoms with van der Waals surface area (Å²) in [5.41, 5.74) is 0.587. The summed E-state index contributed by atoms with van der Waals surface area (Å²) in [7, 11) is 2.52. The van der Waals surface area contributed by atoms with Gasteiger partial charge in [0, 0.05) is 6.42 Å². The van der Waals surface area contributed by atoms with E-state index in [9.17, 15) is 8.78 Å². The molecule has 0 aliphatic carbocycles. The van der Waals surface area contributed by atoms with E-state index >= 15 is 0 Å². The van der Waals surface area contributed by atoms with Crippen molar-refractivity contribution in [1.82, 2.24) is 0 Å². The van der Waals surface area contributed by atoms with E-state index in [1.807, 2.05) is 0 Å². The van der Waals surface area contributed by atoms with Gasteiger partial charge in [0.1, 0.15) is 0 Å². The normalized spacial score (nSPS) is 11.8. The third-order valence-electron chi connectivity index (χ3n) is 2.12. The monoisotopic (exact) mass is 245 g/mol. The van der Waals surface area contributed by atoms with Gasteiger partial charge < -0.3 is 14.6 Å². The summed E-state index contributed by atoms with van der Waals surface area (Å²) in [6.45, 7) is 0. The topological polar surface area (TPSA) is 49.7 Å². The van der Waals surface area contributed by atoms with Gasteiger partial charge in [0.25, 0.3) is 16.5 Å². The number of aliphatic hydroxyl groups is 2. The summed E-state index contributed by atoms with van der Waals surface area (Å²) in [5, 5.41) is 18.1. The van der Waals surface area contributed by atoms with Crippen molar-refractivity contribution in [2.24, 2.45) is 0 Å². The third kappa shape index (κ3) is 3.97. The Balaban J connectivity index is 2.46. The summed E-state index contributed by atoms with van der Waals surface area (Å²) in [6, 6.07) is 3.57. The van der Waals surface area contributed by atoms with Crippen LogP contribution in [-0.4, -0.2) is 26.7 Å². The zero-order chi connectivity index (χ0) is 12.2. The Hall–Kier alpha value is -0.823. The minimum absolute atomic E-state index is 0.0461. The van der Waals surface area contributed by atoms with Crippen molar-refractivity contribution in [3.8, 4) is 0 Å². The molecule has 0 aromatic heterocycles. The Kier molecular flexibility index (Phi) is 4.54. The van der Waals surface area contributed by atoms with Gasteiger partial charge in [-0.25, -0.2) is 8.78 Å². The van der Waals surface area contributed by atoms with Crippen LogP contribution >= 0.6 is 0 Å². The van der Waals surface area contributed by atoms with Gasteiger partial charge in [0.05, 0.1) is 0 Å². The van der Waals surface area contributed by atoms with Crippen LogP contribution in [0.2, 0.25) is 0 Å². The maximum Gasteiger partial charge on any atom is 0.267 e. The van der Waals surface area contributed by atoms with E-state index in [0.717, 1.165) is 12.1 Å². The molecule has 1 aromatic rings. The number of hydrogen-bond donors (Lipinski definition) is 2.